The second-order valence-electron chi connectivity index (χ2n) is 5.50. The van der Waals surface area contributed by atoms with E-state index in [9.17, 15) is 13.2 Å². The number of hydrogen-bond acceptors (Lipinski definition) is 4. The normalized spacial score (nSPS) is 13.9. The first-order chi connectivity index (χ1) is 6.88. The summed E-state index contributed by atoms with van der Waals surface area (Å²) in [7, 11) is -2.98. The lowest BCUT2D eigenvalue weighted by molar-refractivity contribution is -0.129. The first kappa shape index (κ1) is 15.6. The average Bonchev–Trinajstić information content (AvgIpc) is 1.99. The maximum Gasteiger partial charge on any atom is 0.147 e. The molecule has 0 radical (unpaired) electrons. The highest BCUT2D eigenvalue weighted by Gasteiger charge is 2.39. The zero-order valence-corrected chi connectivity index (χ0v) is 11.6. The van der Waals surface area contributed by atoms with Crippen LogP contribution in [0.2, 0.25) is 0 Å². The van der Waals surface area contributed by atoms with Gasteiger partial charge in [-0.1, -0.05) is 13.8 Å². The molecule has 0 heterocycles. The minimum absolute atomic E-state index is 0.0173. The highest BCUT2D eigenvalue weighted by molar-refractivity contribution is 7.90. The fraction of sp³-hybridized carbons (Fsp3) is 0.909. The molecule has 4 nitrogen and oxygen atoms in total. The van der Waals surface area contributed by atoms with E-state index in [0.717, 1.165) is 0 Å². The third-order valence-electron chi connectivity index (χ3n) is 3.23. The molecule has 0 amide bonds. The van der Waals surface area contributed by atoms with Crippen LogP contribution in [0, 0.1) is 5.41 Å². The lowest BCUT2D eigenvalue weighted by Crippen LogP contribution is -2.51. The van der Waals surface area contributed by atoms with Gasteiger partial charge in [-0.3, -0.25) is 4.79 Å². The van der Waals surface area contributed by atoms with Crippen molar-refractivity contribution in [2.75, 3.05) is 12.0 Å². The van der Waals surface area contributed by atoms with Crippen molar-refractivity contribution in [2.45, 2.75) is 46.1 Å². The Labute approximate surface area is 98.5 Å². The maximum atomic E-state index is 11.9. The molecule has 16 heavy (non-hydrogen) atoms. The van der Waals surface area contributed by atoms with Crippen LogP contribution in [-0.4, -0.2) is 31.7 Å². The second-order valence-corrected chi connectivity index (χ2v) is 7.76. The molecule has 0 aromatic carbocycles. The highest BCUT2D eigenvalue weighted by Crippen LogP contribution is 2.30. The molecule has 0 spiro atoms. The van der Waals surface area contributed by atoms with Gasteiger partial charge in [0, 0.05) is 23.6 Å². The van der Waals surface area contributed by atoms with E-state index in [1.165, 1.54) is 6.26 Å². The number of carbonyl (C=O) groups is 1. The van der Waals surface area contributed by atoms with Crippen LogP contribution >= 0.6 is 0 Å². The van der Waals surface area contributed by atoms with Crippen LogP contribution in [-0.2, 0) is 14.6 Å². The van der Waals surface area contributed by atoms with Gasteiger partial charge in [0.1, 0.15) is 15.6 Å². The number of carbonyl (C=O) groups excluding carboxylic acids is 1. The maximum absolute atomic E-state index is 11.9. The van der Waals surface area contributed by atoms with Gasteiger partial charge in [0.05, 0.1) is 5.75 Å². The quantitative estimate of drug-likeness (QED) is 0.766. The predicted octanol–water partition coefficient (Wildman–Crippen LogP) is 1.14. The van der Waals surface area contributed by atoms with Crippen molar-refractivity contribution in [3.63, 3.8) is 0 Å². The minimum Gasteiger partial charge on any atom is -0.325 e. The Morgan fingerprint density at radius 1 is 1.19 bits per heavy atom. The zero-order chi connectivity index (χ0) is 13.2. The second kappa shape index (κ2) is 4.84. The van der Waals surface area contributed by atoms with Crippen LogP contribution in [0.5, 0.6) is 0 Å². The van der Waals surface area contributed by atoms with Gasteiger partial charge < -0.3 is 5.73 Å². The molecule has 0 rings (SSSR count). The Balaban J connectivity index is 4.39. The highest BCUT2D eigenvalue weighted by atomic mass is 32.2. The monoisotopic (exact) mass is 249 g/mol. The molecule has 0 bridgehead atoms. The summed E-state index contributed by atoms with van der Waals surface area (Å²) in [6.07, 6.45) is 1.81. The van der Waals surface area contributed by atoms with Crippen molar-refractivity contribution in [2.24, 2.45) is 11.1 Å². The molecule has 0 aliphatic rings. The Morgan fingerprint density at radius 2 is 1.62 bits per heavy atom. The number of sulfone groups is 1. The van der Waals surface area contributed by atoms with E-state index in [1.54, 1.807) is 13.8 Å². The molecule has 96 valence electrons. The van der Waals surface area contributed by atoms with E-state index < -0.39 is 20.8 Å². The van der Waals surface area contributed by atoms with Crippen molar-refractivity contribution in [3.05, 3.63) is 0 Å². The van der Waals surface area contributed by atoms with Crippen molar-refractivity contribution in [1.29, 1.82) is 0 Å². The van der Waals surface area contributed by atoms with E-state index in [-0.39, 0.29) is 18.0 Å². The number of Topliss-reactive ketones (excluding diaryl/α,β-unsaturated/α-hetero) is 1. The van der Waals surface area contributed by atoms with Crippen LogP contribution in [0.25, 0.3) is 0 Å². The molecule has 2 N–H and O–H groups in total. The summed E-state index contributed by atoms with van der Waals surface area (Å²) >= 11 is 0. The molecule has 0 aliphatic heterocycles. The molecule has 0 atom stereocenters. The first-order valence-electron chi connectivity index (χ1n) is 5.38. The molecule has 0 aromatic heterocycles. The number of ketones is 1. The fourth-order valence-electron chi connectivity index (χ4n) is 1.17. The molecular weight excluding hydrogens is 226 g/mol. The number of nitrogens with two attached hydrogens (primary N) is 1. The SMILES string of the molecule is CC(C)(N)C(C)(C)C(=O)CCCS(C)(=O)=O. The molecule has 0 fully saturated rings. The average molecular weight is 249 g/mol. The molecule has 0 aliphatic carbocycles. The molecule has 0 saturated heterocycles. The summed E-state index contributed by atoms with van der Waals surface area (Å²) in [5.74, 6) is 0.0726. The molecule has 5 heteroatoms. The smallest absolute Gasteiger partial charge is 0.147 e. The van der Waals surface area contributed by atoms with Gasteiger partial charge >= 0.3 is 0 Å². The molecule has 0 saturated carbocycles. The lowest BCUT2D eigenvalue weighted by Gasteiger charge is -2.37. The van der Waals surface area contributed by atoms with Crippen LogP contribution < -0.4 is 5.73 Å². The van der Waals surface area contributed by atoms with Crippen LogP contribution in [0.1, 0.15) is 40.5 Å². The van der Waals surface area contributed by atoms with E-state index in [1.807, 2.05) is 13.8 Å². The standard InChI is InChI=1S/C11H23NO3S/c1-10(2,11(3,4)12)9(13)7-6-8-16(5,14)15/h6-8,12H2,1-5H3. The van der Waals surface area contributed by atoms with E-state index in [0.29, 0.717) is 6.42 Å². The number of rotatable bonds is 6. The van der Waals surface area contributed by atoms with Crippen molar-refractivity contribution < 1.29 is 13.2 Å². The first-order valence-corrected chi connectivity index (χ1v) is 7.44. The summed E-state index contributed by atoms with van der Waals surface area (Å²) in [5, 5.41) is 0. The lowest BCUT2D eigenvalue weighted by atomic mass is 9.71. The largest absolute Gasteiger partial charge is 0.325 e. The molecule has 0 aromatic rings. The van der Waals surface area contributed by atoms with Gasteiger partial charge in [0.2, 0.25) is 0 Å². The van der Waals surface area contributed by atoms with Crippen molar-refractivity contribution in [1.82, 2.24) is 0 Å². The predicted molar refractivity (Wildman–Crippen MR) is 66.0 cm³/mol. The van der Waals surface area contributed by atoms with Crippen LogP contribution in [0.3, 0.4) is 0 Å². The Bertz CT molecular complexity index is 350. The Kier molecular flexibility index (Phi) is 4.71. The van der Waals surface area contributed by atoms with E-state index in [2.05, 4.69) is 0 Å². The van der Waals surface area contributed by atoms with Gasteiger partial charge in [-0.15, -0.1) is 0 Å². The van der Waals surface area contributed by atoms with Gasteiger partial charge in [-0.25, -0.2) is 8.42 Å². The molecular formula is C11H23NO3S. The minimum atomic E-state index is -2.98. The summed E-state index contributed by atoms with van der Waals surface area (Å²) < 4.78 is 21.8. The Hall–Kier alpha value is -0.420. The summed E-state index contributed by atoms with van der Waals surface area (Å²) in [6, 6.07) is 0. The van der Waals surface area contributed by atoms with E-state index >= 15 is 0 Å². The fourth-order valence-corrected chi connectivity index (χ4v) is 1.84. The van der Waals surface area contributed by atoms with Gasteiger partial charge in [-0.2, -0.15) is 0 Å². The van der Waals surface area contributed by atoms with Gasteiger partial charge in [0.15, 0.2) is 0 Å². The van der Waals surface area contributed by atoms with Crippen LogP contribution in [0.15, 0.2) is 0 Å². The molecule has 0 unspecified atom stereocenters. The van der Waals surface area contributed by atoms with Gasteiger partial charge in [-0.05, 0) is 20.3 Å². The Morgan fingerprint density at radius 3 is 1.94 bits per heavy atom. The summed E-state index contributed by atoms with van der Waals surface area (Å²) in [4.78, 5) is 11.9. The van der Waals surface area contributed by atoms with Gasteiger partial charge in [0.25, 0.3) is 0 Å². The third kappa shape index (κ3) is 4.61. The third-order valence-corrected chi connectivity index (χ3v) is 4.26. The summed E-state index contributed by atoms with van der Waals surface area (Å²) in [5.41, 5.74) is 4.70. The topological polar surface area (TPSA) is 77.2 Å². The van der Waals surface area contributed by atoms with E-state index in [4.69, 9.17) is 5.73 Å². The van der Waals surface area contributed by atoms with Crippen molar-refractivity contribution in [3.8, 4) is 0 Å². The zero-order valence-electron chi connectivity index (χ0n) is 10.8. The number of hydrogen-bond donors (Lipinski definition) is 1. The van der Waals surface area contributed by atoms with Crippen LogP contribution in [0.4, 0.5) is 0 Å². The summed E-state index contributed by atoms with van der Waals surface area (Å²) in [6.45, 7) is 7.22. The van der Waals surface area contributed by atoms with Crippen molar-refractivity contribution >= 4 is 15.6 Å².